The van der Waals surface area contributed by atoms with Crippen LogP contribution in [0.3, 0.4) is 0 Å². The molecule has 0 saturated carbocycles. The van der Waals surface area contributed by atoms with Crippen molar-refractivity contribution >= 4 is 0 Å². The van der Waals surface area contributed by atoms with Gasteiger partial charge in [0.1, 0.15) is 18.2 Å². The number of ether oxygens (including phenoxy) is 1. The Hall–Kier alpha value is -1.87. The van der Waals surface area contributed by atoms with E-state index in [1.54, 1.807) is 12.1 Å². The van der Waals surface area contributed by atoms with Gasteiger partial charge in [0.25, 0.3) is 0 Å². The zero-order valence-corrected chi connectivity index (χ0v) is 12.6. The normalized spacial score (nSPS) is 10.9. The van der Waals surface area contributed by atoms with Gasteiger partial charge in [-0.3, -0.25) is 0 Å². The number of hydrogen-bond acceptors (Lipinski definition) is 2. The standard InChI is InChI=1S/C18H22FNO/c1-14(2)11-20-12-15-5-3-6-16(9-15)13-21-18-8-4-7-17(19)10-18/h3-10,14,20H,11-13H2,1-2H3. The van der Waals surface area contributed by atoms with Gasteiger partial charge in [-0.2, -0.15) is 0 Å². The van der Waals surface area contributed by atoms with Crippen LogP contribution in [0, 0.1) is 11.7 Å². The summed E-state index contributed by atoms with van der Waals surface area (Å²) in [6.07, 6.45) is 0. The van der Waals surface area contributed by atoms with E-state index in [1.807, 2.05) is 12.1 Å². The highest BCUT2D eigenvalue weighted by atomic mass is 19.1. The Labute approximate surface area is 126 Å². The molecule has 0 amide bonds. The van der Waals surface area contributed by atoms with Crippen molar-refractivity contribution in [1.29, 1.82) is 0 Å². The summed E-state index contributed by atoms with van der Waals surface area (Å²) < 4.78 is 18.7. The lowest BCUT2D eigenvalue weighted by molar-refractivity contribution is 0.304. The first kappa shape index (κ1) is 15.5. The molecular formula is C18H22FNO. The van der Waals surface area contributed by atoms with Crippen LogP contribution in [-0.4, -0.2) is 6.54 Å². The second-order valence-electron chi connectivity index (χ2n) is 5.59. The Balaban J connectivity index is 1.88. The van der Waals surface area contributed by atoms with E-state index in [1.165, 1.54) is 17.7 Å². The third kappa shape index (κ3) is 5.56. The van der Waals surface area contributed by atoms with Gasteiger partial charge < -0.3 is 10.1 Å². The molecule has 0 unspecified atom stereocenters. The summed E-state index contributed by atoms with van der Waals surface area (Å²) in [5.41, 5.74) is 2.32. The maximum Gasteiger partial charge on any atom is 0.126 e. The lowest BCUT2D eigenvalue weighted by Crippen LogP contribution is -2.19. The minimum Gasteiger partial charge on any atom is -0.489 e. The monoisotopic (exact) mass is 287 g/mol. The van der Waals surface area contributed by atoms with E-state index in [4.69, 9.17) is 4.74 Å². The van der Waals surface area contributed by atoms with Crippen molar-refractivity contribution in [2.45, 2.75) is 27.0 Å². The molecule has 0 aliphatic carbocycles. The molecule has 2 aromatic carbocycles. The van der Waals surface area contributed by atoms with Crippen LogP contribution in [0.15, 0.2) is 48.5 Å². The molecule has 0 aliphatic heterocycles. The Bertz CT molecular complexity index is 569. The zero-order valence-electron chi connectivity index (χ0n) is 12.6. The fraction of sp³-hybridized carbons (Fsp3) is 0.333. The molecule has 2 nitrogen and oxygen atoms in total. The fourth-order valence-electron chi connectivity index (χ4n) is 2.06. The first-order valence-corrected chi connectivity index (χ1v) is 7.30. The van der Waals surface area contributed by atoms with Crippen LogP contribution in [0.2, 0.25) is 0 Å². The highest BCUT2D eigenvalue weighted by Crippen LogP contribution is 2.14. The van der Waals surface area contributed by atoms with Crippen LogP contribution in [-0.2, 0) is 13.2 Å². The number of nitrogens with one attached hydrogen (secondary N) is 1. The van der Waals surface area contributed by atoms with Gasteiger partial charge in [0, 0.05) is 12.6 Å². The maximum atomic E-state index is 13.1. The van der Waals surface area contributed by atoms with Crippen LogP contribution in [0.4, 0.5) is 4.39 Å². The quantitative estimate of drug-likeness (QED) is 0.826. The minimum atomic E-state index is -0.279. The zero-order chi connectivity index (χ0) is 15.1. The van der Waals surface area contributed by atoms with E-state index in [0.717, 1.165) is 18.7 Å². The molecule has 0 spiro atoms. The van der Waals surface area contributed by atoms with Crippen LogP contribution in [0.5, 0.6) is 5.75 Å². The van der Waals surface area contributed by atoms with E-state index in [0.29, 0.717) is 18.3 Å². The molecule has 112 valence electrons. The van der Waals surface area contributed by atoms with Gasteiger partial charge in [0.2, 0.25) is 0 Å². The summed E-state index contributed by atoms with van der Waals surface area (Å²) in [4.78, 5) is 0. The minimum absolute atomic E-state index is 0.279. The van der Waals surface area contributed by atoms with Gasteiger partial charge in [-0.15, -0.1) is 0 Å². The third-order valence-electron chi connectivity index (χ3n) is 3.07. The Morgan fingerprint density at radius 1 is 1.05 bits per heavy atom. The summed E-state index contributed by atoms with van der Waals surface area (Å²) in [5, 5.41) is 3.42. The van der Waals surface area contributed by atoms with E-state index < -0.39 is 0 Å². The van der Waals surface area contributed by atoms with Crippen molar-refractivity contribution in [3.63, 3.8) is 0 Å². The van der Waals surface area contributed by atoms with Gasteiger partial charge in [-0.1, -0.05) is 44.2 Å². The molecule has 0 saturated heterocycles. The van der Waals surface area contributed by atoms with Gasteiger partial charge in [0.15, 0.2) is 0 Å². The Morgan fingerprint density at radius 2 is 1.81 bits per heavy atom. The average molecular weight is 287 g/mol. The van der Waals surface area contributed by atoms with E-state index in [2.05, 4.69) is 31.3 Å². The van der Waals surface area contributed by atoms with E-state index >= 15 is 0 Å². The number of hydrogen-bond donors (Lipinski definition) is 1. The van der Waals surface area contributed by atoms with Crippen molar-refractivity contribution < 1.29 is 9.13 Å². The smallest absolute Gasteiger partial charge is 0.126 e. The van der Waals surface area contributed by atoms with Gasteiger partial charge in [0.05, 0.1) is 0 Å². The fourth-order valence-corrected chi connectivity index (χ4v) is 2.06. The predicted octanol–water partition coefficient (Wildman–Crippen LogP) is 4.15. The van der Waals surface area contributed by atoms with Crippen LogP contribution in [0.25, 0.3) is 0 Å². The van der Waals surface area contributed by atoms with Crippen LogP contribution < -0.4 is 10.1 Å². The molecule has 2 aromatic rings. The molecule has 1 N–H and O–H groups in total. The molecule has 21 heavy (non-hydrogen) atoms. The number of benzene rings is 2. The van der Waals surface area contributed by atoms with Gasteiger partial charge in [-0.25, -0.2) is 4.39 Å². The third-order valence-corrected chi connectivity index (χ3v) is 3.07. The summed E-state index contributed by atoms with van der Waals surface area (Å²) in [5.74, 6) is 0.918. The highest BCUT2D eigenvalue weighted by molar-refractivity contribution is 5.25. The summed E-state index contributed by atoms with van der Waals surface area (Å²) in [6.45, 7) is 6.68. The van der Waals surface area contributed by atoms with E-state index in [-0.39, 0.29) is 5.82 Å². The first-order chi connectivity index (χ1) is 10.1. The molecule has 3 heteroatoms. The Kier molecular flexibility index (Phi) is 5.76. The average Bonchev–Trinajstić information content (AvgIpc) is 2.45. The molecule has 0 atom stereocenters. The summed E-state index contributed by atoms with van der Waals surface area (Å²) in [7, 11) is 0. The largest absolute Gasteiger partial charge is 0.489 e. The van der Waals surface area contributed by atoms with Crippen molar-refractivity contribution in [2.24, 2.45) is 5.92 Å². The molecule has 0 fully saturated rings. The molecule has 0 radical (unpaired) electrons. The second kappa shape index (κ2) is 7.79. The first-order valence-electron chi connectivity index (χ1n) is 7.30. The van der Waals surface area contributed by atoms with Gasteiger partial charge in [-0.05, 0) is 35.7 Å². The van der Waals surface area contributed by atoms with Crippen molar-refractivity contribution in [3.8, 4) is 5.75 Å². The molecule has 0 aromatic heterocycles. The molecular weight excluding hydrogens is 265 g/mol. The topological polar surface area (TPSA) is 21.3 Å². The van der Waals surface area contributed by atoms with Crippen molar-refractivity contribution in [1.82, 2.24) is 5.32 Å². The summed E-state index contributed by atoms with van der Waals surface area (Å²) >= 11 is 0. The molecule has 2 rings (SSSR count). The highest BCUT2D eigenvalue weighted by Gasteiger charge is 2.00. The van der Waals surface area contributed by atoms with Crippen LogP contribution in [0.1, 0.15) is 25.0 Å². The number of rotatable bonds is 7. The molecule has 0 bridgehead atoms. The number of halogens is 1. The second-order valence-corrected chi connectivity index (χ2v) is 5.59. The predicted molar refractivity (Wildman–Crippen MR) is 83.7 cm³/mol. The maximum absolute atomic E-state index is 13.1. The molecule has 0 aliphatic rings. The van der Waals surface area contributed by atoms with E-state index in [9.17, 15) is 4.39 Å². The lowest BCUT2D eigenvalue weighted by Gasteiger charge is -2.10. The van der Waals surface area contributed by atoms with Gasteiger partial charge >= 0.3 is 0 Å². The SMILES string of the molecule is CC(C)CNCc1cccc(COc2cccc(F)c2)c1. The van der Waals surface area contributed by atoms with Crippen molar-refractivity contribution in [2.75, 3.05) is 6.54 Å². The molecule has 0 heterocycles. The Morgan fingerprint density at radius 3 is 2.57 bits per heavy atom. The van der Waals surface area contributed by atoms with Crippen LogP contribution >= 0.6 is 0 Å². The summed E-state index contributed by atoms with van der Waals surface area (Å²) in [6, 6.07) is 14.5. The lowest BCUT2D eigenvalue weighted by atomic mass is 10.1. The van der Waals surface area contributed by atoms with Crippen molar-refractivity contribution in [3.05, 3.63) is 65.5 Å².